The van der Waals surface area contributed by atoms with E-state index in [1.165, 1.54) is 0 Å². The number of fused-ring (bicyclic) bond motifs is 1. The van der Waals surface area contributed by atoms with Crippen LogP contribution in [0.2, 0.25) is 5.02 Å². The standard InChI is InChI=1S/C22H15ClF3N3O2/c23-17-9-8-14(22(24,25)26)12-18(17)27-19(30)10-11-20-28-21(29-31-20)16-7-3-5-13-4-1-2-6-15(13)16/h1-9,12H,10-11H2,(H,27,30). The highest BCUT2D eigenvalue weighted by Gasteiger charge is 2.31. The van der Waals surface area contributed by atoms with Crippen molar-refractivity contribution >= 4 is 34.0 Å². The van der Waals surface area contributed by atoms with E-state index in [1.54, 1.807) is 0 Å². The lowest BCUT2D eigenvalue weighted by atomic mass is 10.0. The van der Waals surface area contributed by atoms with Gasteiger partial charge in [0.2, 0.25) is 17.6 Å². The fourth-order valence-electron chi connectivity index (χ4n) is 3.12. The molecule has 0 aliphatic heterocycles. The minimum Gasteiger partial charge on any atom is -0.339 e. The van der Waals surface area contributed by atoms with Crippen LogP contribution in [0.25, 0.3) is 22.2 Å². The van der Waals surface area contributed by atoms with Gasteiger partial charge in [0.25, 0.3) is 0 Å². The summed E-state index contributed by atoms with van der Waals surface area (Å²) in [5, 5.41) is 8.39. The quantitative estimate of drug-likeness (QED) is 0.401. The number of aromatic nitrogens is 2. The van der Waals surface area contributed by atoms with Gasteiger partial charge in [-0.2, -0.15) is 18.2 Å². The van der Waals surface area contributed by atoms with Crippen molar-refractivity contribution in [3.63, 3.8) is 0 Å². The number of anilines is 1. The molecule has 0 saturated carbocycles. The Morgan fingerprint density at radius 1 is 1.06 bits per heavy atom. The van der Waals surface area contributed by atoms with E-state index in [-0.39, 0.29) is 29.4 Å². The lowest BCUT2D eigenvalue weighted by Gasteiger charge is -2.11. The summed E-state index contributed by atoms with van der Waals surface area (Å²) in [5.41, 5.74) is -0.208. The average Bonchev–Trinajstić information content (AvgIpc) is 3.21. The highest BCUT2D eigenvalue weighted by atomic mass is 35.5. The molecule has 5 nitrogen and oxygen atoms in total. The number of amides is 1. The number of carbonyl (C=O) groups is 1. The van der Waals surface area contributed by atoms with Crippen LogP contribution in [0.4, 0.5) is 18.9 Å². The molecule has 1 heterocycles. The molecule has 1 aromatic heterocycles. The molecule has 0 spiro atoms. The molecule has 4 rings (SSSR count). The fraction of sp³-hybridized carbons (Fsp3) is 0.136. The Morgan fingerprint density at radius 3 is 2.65 bits per heavy atom. The van der Waals surface area contributed by atoms with Gasteiger partial charge in [-0.15, -0.1) is 0 Å². The van der Waals surface area contributed by atoms with E-state index in [0.29, 0.717) is 5.82 Å². The number of nitrogens with zero attached hydrogens (tertiary/aromatic N) is 2. The van der Waals surface area contributed by atoms with Crippen LogP contribution in [0.1, 0.15) is 17.9 Å². The number of halogens is 4. The Bertz CT molecular complexity index is 1250. The van der Waals surface area contributed by atoms with Crippen LogP contribution in [0.3, 0.4) is 0 Å². The molecule has 3 aromatic carbocycles. The summed E-state index contributed by atoms with van der Waals surface area (Å²) >= 11 is 5.90. The Kier molecular flexibility index (Phi) is 5.65. The van der Waals surface area contributed by atoms with Crippen molar-refractivity contribution in [2.24, 2.45) is 0 Å². The van der Waals surface area contributed by atoms with Crippen molar-refractivity contribution in [1.82, 2.24) is 10.1 Å². The van der Waals surface area contributed by atoms with Crippen molar-refractivity contribution in [1.29, 1.82) is 0 Å². The second-order valence-corrected chi connectivity index (χ2v) is 7.19. The number of aryl methyl sites for hydroxylation is 1. The number of hydrogen-bond donors (Lipinski definition) is 1. The van der Waals surface area contributed by atoms with Gasteiger partial charge in [-0.3, -0.25) is 4.79 Å². The first-order valence-electron chi connectivity index (χ1n) is 9.28. The summed E-state index contributed by atoms with van der Waals surface area (Å²) in [5.74, 6) is 0.118. The molecule has 0 bridgehead atoms. The maximum absolute atomic E-state index is 12.9. The second kappa shape index (κ2) is 8.39. The van der Waals surface area contributed by atoms with E-state index in [0.717, 1.165) is 34.5 Å². The van der Waals surface area contributed by atoms with Gasteiger partial charge in [0.15, 0.2) is 0 Å². The van der Waals surface area contributed by atoms with Crippen molar-refractivity contribution in [2.75, 3.05) is 5.32 Å². The lowest BCUT2D eigenvalue weighted by Crippen LogP contribution is -2.14. The highest BCUT2D eigenvalue weighted by molar-refractivity contribution is 6.33. The van der Waals surface area contributed by atoms with Crippen molar-refractivity contribution in [3.05, 3.63) is 77.1 Å². The van der Waals surface area contributed by atoms with Gasteiger partial charge >= 0.3 is 6.18 Å². The largest absolute Gasteiger partial charge is 0.416 e. The Balaban J connectivity index is 1.44. The zero-order valence-corrected chi connectivity index (χ0v) is 16.7. The Hall–Kier alpha value is -3.39. The van der Waals surface area contributed by atoms with Crippen molar-refractivity contribution in [2.45, 2.75) is 19.0 Å². The smallest absolute Gasteiger partial charge is 0.339 e. The summed E-state index contributed by atoms with van der Waals surface area (Å²) in [4.78, 5) is 16.6. The van der Waals surface area contributed by atoms with Gasteiger partial charge < -0.3 is 9.84 Å². The monoisotopic (exact) mass is 445 g/mol. The molecule has 158 valence electrons. The third kappa shape index (κ3) is 4.69. The summed E-state index contributed by atoms with van der Waals surface area (Å²) in [6.07, 6.45) is -4.48. The molecule has 1 N–H and O–H groups in total. The summed E-state index contributed by atoms with van der Waals surface area (Å²) in [6, 6.07) is 16.3. The minimum absolute atomic E-state index is 0.0115. The van der Waals surface area contributed by atoms with E-state index in [9.17, 15) is 18.0 Å². The van der Waals surface area contributed by atoms with E-state index in [1.807, 2.05) is 42.5 Å². The number of rotatable bonds is 5. The van der Waals surface area contributed by atoms with Gasteiger partial charge in [0.1, 0.15) is 0 Å². The summed E-state index contributed by atoms with van der Waals surface area (Å²) < 4.78 is 43.8. The van der Waals surface area contributed by atoms with E-state index >= 15 is 0 Å². The molecule has 0 aliphatic carbocycles. The molecular weight excluding hydrogens is 431 g/mol. The molecule has 0 unspecified atom stereocenters. The van der Waals surface area contributed by atoms with Gasteiger partial charge in [0, 0.05) is 18.4 Å². The van der Waals surface area contributed by atoms with Crippen LogP contribution < -0.4 is 5.32 Å². The first-order chi connectivity index (χ1) is 14.8. The first kappa shape index (κ1) is 20.9. The van der Waals surface area contributed by atoms with Crippen LogP contribution >= 0.6 is 11.6 Å². The highest BCUT2D eigenvalue weighted by Crippen LogP contribution is 2.34. The van der Waals surface area contributed by atoms with Crippen LogP contribution in [-0.4, -0.2) is 16.0 Å². The molecular formula is C22H15ClF3N3O2. The molecule has 1 amide bonds. The fourth-order valence-corrected chi connectivity index (χ4v) is 3.28. The molecule has 0 aliphatic rings. The van der Waals surface area contributed by atoms with Crippen LogP contribution in [0.15, 0.2) is 65.2 Å². The number of nitrogens with one attached hydrogen (secondary N) is 1. The van der Waals surface area contributed by atoms with E-state index in [2.05, 4.69) is 15.5 Å². The third-order valence-corrected chi connectivity index (χ3v) is 4.96. The Morgan fingerprint density at radius 2 is 1.84 bits per heavy atom. The molecule has 9 heteroatoms. The van der Waals surface area contributed by atoms with E-state index in [4.69, 9.17) is 16.1 Å². The van der Waals surface area contributed by atoms with Gasteiger partial charge in [0.05, 0.1) is 16.3 Å². The van der Waals surface area contributed by atoms with Gasteiger partial charge in [-0.05, 0) is 29.0 Å². The predicted molar refractivity (Wildman–Crippen MR) is 111 cm³/mol. The number of alkyl halides is 3. The number of benzene rings is 3. The first-order valence-corrected chi connectivity index (χ1v) is 9.66. The van der Waals surface area contributed by atoms with E-state index < -0.39 is 17.6 Å². The number of hydrogen-bond acceptors (Lipinski definition) is 4. The third-order valence-electron chi connectivity index (χ3n) is 4.63. The zero-order valence-electron chi connectivity index (χ0n) is 15.9. The molecule has 0 atom stereocenters. The van der Waals surface area contributed by atoms with Gasteiger partial charge in [-0.1, -0.05) is 59.2 Å². The summed E-state index contributed by atoms with van der Waals surface area (Å²) in [7, 11) is 0. The van der Waals surface area contributed by atoms with Crippen LogP contribution in [0.5, 0.6) is 0 Å². The topological polar surface area (TPSA) is 68.0 Å². The number of carbonyl (C=O) groups excluding carboxylic acids is 1. The van der Waals surface area contributed by atoms with Crippen LogP contribution in [-0.2, 0) is 17.4 Å². The molecule has 31 heavy (non-hydrogen) atoms. The SMILES string of the molecule is O=C(CCc1nc(-c2cccc3ccccc23)no1)Nc1cc(C(F)(F)F)ccc1Cl. The van der Waals surface area contributed by atoms with Crippen molar-refractivity contribution < 1.29 is 22.5 Å². The molecule has 0 fully saturated rings. The summed E-state index contributed by atoms with van der Waals surface area (Å²) in [6.45, 7) is 0. The van der Waals surface area contributed by atoms with Gasteiger partial charge in [-0.25, -0.2) is 0 Å². The molecule has 0 saturated heterocycles. The van der Waals surface area contributed by atoms with Crippen LogP contribution in [0, 0.1) is 0 Å². The zero-order chi connectivity index (χ0) is 22.0. The predicted octanol–water partition coefficient (Wildman–Crippen LogP) is 6.13. The maximum Gasteiger partial charge on any atom is 0.416 e. The van der Waals surface area contributed by atoms with Crippen molar-refractivity contribution in [3.8, 4) is 11.4 Å². The lowest BCUT2D eigenvalue weighted by molar-refractivity contribution is -0.137. The minimum atomic E-state index is -4.54. The second-order valence-electron chi connectivity index (χ2n) is 6.78. The molecule has 4 aromatic rings. The Labute approximate surface area is 179 Å². The normalized spacial score (nSPS) is 11.6. The maximum atomic E-state index is 12.9. The average molecular weight is 446 g/mol. The molecule has 0 radical (unpaired) electrons.